The Morgan fingerprint density at radius 2 is 1.91 bits per heavy atom. The van der Waals surface area contributed by atoms with Gasteiger partial charge in [0.2, 0.25) is 0 Å². The predicted molar refractivity (Wildman–Crippen MR) is 81.3 cm³/mol. The maximum absolute atomic E-state index is 12.6. The van der Waals surface area contributed by atoms with Crippen molar-refractivity contribution < 1.29 is 26.0 Å². The van der Waals surface area contributed by atoms with Gasteiger partial charge in [-0.25, -0.2) is 12.8 Å². The molecule has 1 atom stereocenters. The molecule has 1 N–H and O–H groups in total. The Bertz CT molecular complexity index is 634. The summed E-state index contributed by atoms with van der Waals surface area (Å²) in [6, 6.07) is 4.21. The van der Waals surface area contributed by atoms with E-state index in [0.717, 1.165) is 11.1 Å². The molecule has 0 saturated carbocycles. The highest BCUT2D eigenvalue weighted by molar-refractivity contribution is 7.91. The highest BCUT2D eigenvalue weighted by atomic mass is 35.5. The van der Waals surface area contributed by atoms with E-state index in [1.807, 2.05) is 0 Å². The van der Waals surface area contributed by atoms with Crippen molar-refractivity contribution in [1.29, 1.82) is 0 Å². The van der Waals surface area contributed by atoms with E-state index in [2.05, 4.69) is 5.32 Å². The molecule has 2 rings (SSSR count). The minimum Gasteiger partial charge on any atom is -0.307 e. The fraction of sp³-hybridized carbons (Fsp3) is 0.571. The summed E-state index contributed by atoms with van der Waals surface area (Å²) in [5, 5.41) is 2.95. The molecule has 0 amide bonds. The predicted octanol–water partition coefficient (Wildman–Crippen LogP) is 3.21. The van der Waals surface area contributed by atoms with Crippen LogP contribution in [0.25, 0.3) is 0 Å². The standard InChI is InChI=1S/C14H17F4NO2S.ClH/c15-8-12-6-10-2-3-13(7-11(10)9-19-12)22(20,21)5-1-4-14(16,17)18;/h2-3,7,12,19H,1,4-6,8-9H2;1H. The number of rotatable bonds is 5. The minimum absolute atomic E-state index is 0. The van der Waals surface area contributed by atoms with Gasteiger partial charge in [-0.1, -0.05) is 6.07 Å². The van der Waals surface area contributed by atoms with Crippen molar-refractivity contribution in [3.05, 3.63) is 29.3 Å². The van der Waals surface area contributed by atoms with Crippen LogP contribution in [0, 0.1) is 0 Å². The van der Waals surface area contributed by atoms with Crippen LogP contribution < -0.4 is 5.32 Å². The summed E-state index contributed by atoms with van der Waals surface area (Å²) in [7, 11) is -3.74. The monoisotopic (exact) mass is 375 g/mol. The minimum atomic E-state index is -4.35. The molecule has 1 aliphatic rings. The first-order chi connectivity index (χ1) is 10.2. The number of halogens is 5. The van der Waals surface area contributed by atoms with Gasteiger partial charge in [-0.05, 0) is 36.1 Å². The summed E-state index contributed by atoms with van der Waals surface area (Å²) in [4.78, 5) is 0.0222. The highest BCUT2D eigenvalue weighted by Crippen LogP contribution is 2.25. The Morgan fingerprint density at radius 3 is 2.52 bits per heavy atom. The number of hydrogen-bond acceptors (Lipinski definition) is 3. The molecule has 1 aromatic carbocycles. The molecule has 0 radical (unpaired) electrons. The fourth-order valence-corrected chi connectivity index (χ4v) is 3.80. The van der Waals surface area contributed by atoms with Crippen molar-refractivity contribution in [2.24, 2.45) is 0 Å². The molecule has 0 fully saturated rings. The van der Waals surface area contributed by atoms with Crippen LogP contribution in [0.2, 0.25) is 0 Å². The summed E-state index contributed by atoms with van der Waals surface area (Å²) < 4.78 is 73.1. The zero-order valence-corrected chi connectivity index (χ0v) is 13.8. The number of nitrogens with one attached hydrogen (secondary N) is 1. The van der Waals surface area contributed by atoms with E-state index in [1.165, 1.54) is 12.1 Å². The number of hydrogen-bond donors (Lipinski definition) is 1. The van der Waals surface area contributed by atoms with E-state index in [9.17, 15) is 26.0 Å². The van der Waals surface area contributed by atoms with E-state index in [4.69, 9.17) is 0 Å². The first kappa shape index (κ1) is 20.2. The first-order valence-electron chi connectivity index (χ1n) is 6.92. The third-order valence-corrected chi connectivity index (χ3v) is 5.44. The van der Waals surface area contributed by atoms with E-state index < -0.39 is 41.3 Å². The molecule has 1 aromatic rings. The topological polar surface area (TPSA) is 46.2 Å². The van der Waals surface area contributed by atoms with Crippen LogP contribution in [0.1, 0.15) is 24.0 Å². The van der Waals surface area contributed by atoms with E-state index in [0.29, 0.717) is 13.0 Å². The zero-order valence-electron chi connectivity index (χ0n) is 12.2. The Morgan fingerprint density at radius 1 is 1.22 bits per heavy atom. The van der Waals surface area contributed by atoms with Crippen molar-refractivity contribution in [3.8, 4) is 0 Å². The molecular formula is C14H18ClF4NO2S. The third kappa shape index (κ3) is 5.61. The highest BCUT2D eigenvalue weighted by Gasteiger charge is 2.28. The van der Waals surface area contributed by atoms with Crippen LogP contribution in [-0.2, 0) is 22.8 Å². The van der Waals surface area contributed by atoms with E-state index in [-0.39, 0.29) is 23.3 Å². The number of benzene rings is 1. The van der Waals surface area contributed by atoms with Crippen molar-refractivity contribution >= 4 is 22.2 Å². The second-order valence-corrected chi connectivity index (χ2v) is 7.51. The Labute approximate surface area is 138 Å². The molecule has 3 nitrogen and oxygen atoms in total. The van der Waals surface area contributed by atoms with Crippen molar-refractivity contribution in [2.45, 2.75) is 42.9 Å². The Hall–Kier alpha value is -0.860. The van der Waals surface area contributed by atoms with Gasteiger partial charge < -0.3 is 5.32 Å². The van der Waals surface area contributed by atoms with Crippen LogP contribution in [0.15, 0.2) is 23.1 Å². The van der Waals surface area contributed by atoms with Gasteiger partial charge in [-0.15, -0.1) is 12.4 Å². The largest absolute Gasteiger partial charge is 0.389 e. The van der Waals surface area contributed by atoms with Gasteiger partial charge >= 0.3 is 6.18 Å². The summed E-state index contributed by atoms with van der Waals surface area (Å²) in [6.07, 6.45) is -5.45. The Balaban J connectivity index is 0.00000264. The molecule has 0 saturated heterocycles. The SMILES string of the molecule is Cl.O=S(=O)(CCCC(F)(F)F)c1ccc2c(c1)CNC(CF)C2. The summed E-state index contributed by atoms with van der Waals surface area (Å²) in [5.74, 6) is -0.536. The molecule has 1 heterocycles. The molecule has 23 heavy (non-hydrogen) atoms. The fourth-order valence-electron chi connectivity index (χ4n) is 2.44. The molecule has 0 aliphatic carbocycles. The second-order valence-electron chi connectivity index (χ2n) is 5.40. The maximum Gasteiger partial charge on any atom is 0.389 e. The first-order valence-corrected chi connectivity index (χ1v) is 8.57. The van der Waals surface area contributed by atoms with Crippen LogP contribution in [0.3, 0.4) is 0 Å². The van der Waals surface area contributed by atoms with Crippen LogP contribution in [0.5, 0.6) is 0 Å². The van der Waals surface area contributed by atoms with Crippen molar-refractivity contribution in [1.82, 2.24) is 5.32 Å². The molecule has 0 aromatic heterocycles. The molecule has 0 bridgehead atoms. The zero-order chi connectivity index (χ0) is 16.4. The Kier molecular flexibility index (Phi) is 6.85. The number of alkyl halides is 4. The molecular weight excluding hydrogens is 358 g/mol. The van der Waals surface area contributed by atoms with Crippen LogP contribution in [-0.4, -0.2) is 33.1 Å². The average Bonchev–Trinajstić information content (AvgIpc) is 2.44. The summed E-state index contributed by atoms with van der Waals surface area (Å²) in [6.45, 7) is -0.146. The van der Waals surface area contributed by atoms with Crippen LogP contribution >= 0.6 is 12.4 Å². The lowest BCUT2D eigenvalue weighted by Crippen LogP contribution is -2.37. The quantitative estimate of drug-likeness (QED) is 0.804. The average molecular weight is 376 g/mol. The molecule has 9 heteroatoms. The van der Waals surface area contributed by atoms with Crippen LogP contribution in [0.4, 0.5) is 17.6 Å². The number of fused-ring (bicyclic) bond motifs is 1. The van der Waals surface area contributed by atoms with E-state index >= 15 is 0 Å². The van der Waals surface area contributed by atoms with Gasteiger partial charge in [0, 0.05) is 19.0 Å². The van der Waals surface area contributed by atoms with Gasteiger partial charge in [0.05, 0.1) is 10.6 Å². The lowest BCUT2D eigenvalue weighted by molar-refractivity contribution is -0.134. The molecule has 132 valence electrons. The summed E-state index contributed by atoms with van der Waals surface area (Å²) >= 11 is 0. The lowest BCUT2D eigenvalue weighted by Gasteiger charge is -2.24. The van der Waals surface area contributed by atoms with Crippen molar-refractivity contribution in [3.63, 3.8) is 0 Å². The maximum atomic E-state index is 12.6. The molecule has 0 spiro atoms. The normalized spacial score (nSPS) is 18.2. The van der Waals surface area contributed by atoms with Gasteiger partial charge in [-0.2, -0.15) is 13.2 Å². The lowest BCUT2D eigenvalue weighted by atomic mass is 9.96. The van der Waals surface area contributed by atoms with E-state index in [1.54, 1.807) is 6.07 Å². The second kappa shape index (κ2) is 7.81. The smallest absolute Gasteiger partial charge is 0.307 e. The van der Waals surface area contributed by atoms with Gasteiger partial charge in [0.1, 0.15) is 6.67 Å². The molecule has 1 unspecified atom stereocenters. The molecule has 1 aliphatic heterocycles. The van der Waals surface area contributed by atoms with Crippen molar-refractivity contribution in [2.75, 3.05) is 12.4 Å². The van der Waals surface area contributed by atoms with Gasteiger partial charge in [-0.3, -0.25) is 0 Å². The summed E-state index contributed by atoms with van der Waals surface area (Å²) in [5.41, 5.74) is 1.62. The third-order valence-electron chi connectivity index (χ3n) is 3.64. The van der Waals surface area contributed by atoms with Gasteiger partial charge in [0.15, 0.2) is 9.84 Å². The number of sulfone groups is 1. The van der Waals surface area contributed by atoms with Gasteiger partial charge in [0.25, 0.3) is 0 Å².